The number of ether oxygens (including phenoxy) is 1. The maximum atomic E-state index is 13.1. The summed E-state index contributed by atoms with van der Waals surface area (Å²) in [4.78, 5) is 15.9. The van der Waals surface area contributed by atoms with Gasteiger partial charge < -0.3 is 14.4 Å². The molecular formula is C23H25N3O5S. The van der Waals surface area contributed by atoms with Crippen LogP contribution in [-0.2, 0) is 21.4 Å². The second-order valence-corrected chi connectivity index (χ2v) is 10.4. The van der Waals surface area contributed by atoms with Gasteiger partial charge in [-0.2, -0.15) is 4.31 Å². The fourth-order valence-corrected chi connectivity index (χ4v) is 5.84. The zero-order valence-corrected chi connectivity index (χ0v) is 18.4. The molecule has 1 N–H and O–H groups in total. The molecule has 8 nitrogen and oxygen atoms in total. The van der Waals surface area contributed by atoms with Gasteiger partial charge in [-0.05, 0) is 73.6 Å². The molecule has 3 heterocycles. The lowest BCUT2D eigenvalue weighted by molar-refractivity contribution is -0.137. The standard InChI is InChI=1S/C23H25N3O5S/c27-22(28)15-25-14-21(20-2-1-11-24-23(20)25)16-9-12-26(13-10-16)32(29,30)19-7-5-18(6-8-19)31-17-3-4-17/h1-2,5-8,11,14,16-17H,3-4,9-10,12-13,15H2,(H,27,28). The molecule has 1 aliphatic heterocycles. The van der Waals surface area contributed by atoms with Crippen molar-refractivity contribution in [3.05, 3.63) is 54.4 Å². The molecule has 3 aromatic rings. The van der Waals surface area contributed by atoms with Gasteiger partial charge in [-0.15, -0.1) is 0 Å². The maximum Gasteiger partial charge on any atom is 0.323 e. The Balaban J connectivity index is 1.31. The Kier molecular flexibility index (Phi) is 5.38. The summed E-state index contributed by atoms with van der Waals surface area (Å²) in [5, 5.41) is 10.1. The third-order valence-electron chi connectivity index (χ3n) is 6.15. The monoisotopic (exact) mass is 455 g/mol. The van der Waals surface area contributed by atoms with Gasteiger partial charge in [-0.25, -0.2) is 13.4 Å². The van der Waals surface area contributed by atoms with Crippen LogP contribution in [0.1, 0.15) is 37.2 Å². The molecule has 32 heavy (non-hydrogen) atoms. The molecule has 1 aliphatic carbocycles. The number of nitrogens with zero attached hydrogens (tertiary/aromatic N) is 3. The molecule has 1 aromatic carbocycles. The van der Waals surface area contributed by atoms with Gasteiger partial charge in [0.2, 0.25) is 10.0 Å². The van der Waals surface area contributed by atoms with Crippen LogP contribution in [0.5, 0.6) is 5.75 Å². The zero-order chi connectivity index (χ0) is 22.3. The smallest absolute Gasteiger partial charge is 0.323 e. The van der Waals surface area contributed by atoms with E-state index in [2.05, 4.69) is 4.98 Å². The van der Waals surface area contributed by atoms with Crippen molar-refractivity contribution < 1.29 is 23.1 Å². The van der Waals surface area contributed by atoms with Crippen molar-refractivity contribution in [2.24, 2.45) is 0 Å². The molecule has 5 rings (SSSR count). The van der Waals surface area contributed by atoms with E-state index in [1.807, 2.05) is 18.3 Å². The minimum Gasteiger partial charge on any atom is -0.490 e. The number of hydrogen-bond acceptors (Lipinski definition) is 5. The lowest BCUT2D eigenvalue weighted by Gasteiger charge is -2.31. The van der Waals surface area contributed by atoms with Crippen LogP contribution in [0.25, 0.3) is 11.0 Å². The molecule has 0 radical (unpaired) electrons. The van der Waals surface area contributed by atoms with Gasteiger partial charge in [0.1, 0.15) is 17.9 Å². The number of carboxylic acids is 1. The molecule has 2 aromatic heterocycles. The number of fused-ring (bicyclic) bond motifs is 1. The predicted molar refractivity (Wildman–Crippen MR) is 118 cm³/mol. The number of aliphatic carboxylic acids is 1. The second kappa shape index (κ2) is 8.22. The van der Waals surface area contributed by atoms with Crippen LogP contribution in [0.2, 0.25) is 0 Å². The average molecular weight is 456 g/mol. The number of carboxylic acid groups (broad SMARTS) is 1. The molecule has 0 bridgehead atoms. The number of sulfonamides is 1. The topological polar surface area (TPSA) is 102 Å². The summed E-state index contributed by atoms with van der Waals surface area (Å²) in [5.41, 5.74) is 1.68. The molecule has 2 aliphatic rings. The minimum absolute atomic E-state index is 0.150. The van der Waals surface area contributed by atoms with Crippen LogP contribution in [0.4, 0.5) is 0 Å². The van der Waals surface area contributed by atoms with Gasteiger partial charge in [-0.1, -0.05) is 0 Å². The van der Waals surface area contributed by atoms with Crippen molar-refractivity contribution in [1.29, 1.82) is 0 Å². The number of benzene rings is 1. The van der Waals surface area contributed by atoms with Crippen LogP contribution in [0.15, 0.2) is 53.7 Å². The molecule has 0 amide bonds. The first-order valence-electron chi connectivity index (χ1n) is 10.8. The second-order valence-electron chi connectivity index (χ2n) is 8.45. The quantitative estimate of drug-likeness (QED) is 0.587. The summed E-state index contributed by atoms with van der Waals surface area (Å²) in [5.74, 6) is -0.0670. The van der Waals surface area contributed by atoms with Crippen molar-refractivity contribution in [2.75, 3.05) is 13.1 Å². The Bertz CT molecular complexity index is 1240. The van der Waals surface area contributed by atoms with E-state index >= 15 is 0 Å². The summed E-state index contributed by atoms with van der Waals surface area (Å²) in [6.07, 6.45) is 7.24. The van der Waals surface area contributed by atoms with Gasteiger partial charge in [0.25, 0.3) is 0 Å². The Morgan fingerprint density at radius 3 is 2.47 bits per heavy atom. The molecule has 1 saturated heterocycles. The Hall–Kier alpha value is -2.91. The van der Waals surface area contributed by atoms with Gasteiger partial charge in [0.05, 0.1) is 11.0 Å². The van der Waals surface area contributed by atoms with Crippen LogP contribution in [0.3, 0.4) is 0 Å². The molecule has 168 valence electrons. The van der Waals surface area contributed by atoms with Crippen LogP contribution >= 0.6 is 0 Å². The largest absolute Gasteiger partial charge is 0.490 e. The first-order valence-corrected chi connectivity index (χ1v) is 12.3. The predicted octanol–water partition coefficient (Wildman–Crippen LogP) is 3.23. The first-order chi connectivity index (χ1) is 15.4. The Labute approximate surface area is 186 Å². The van der Waals surface area contributed by atoms with E-state index in [1.165, 1.54) is 4.31 Å². The van der Waals surface area contributed by atoms with Crippen LogP contribution in [-0.4, -0.2) is 52.5 Å². The Morgan fingerprint density at radius 1 is 1.09 bits per heavy atom. The highest BCUT2D eigenvalue weighted by Crippen LogP contribution is 2.35. The highest BCUT2D eigenvalue weighted by molar-refractivity contribution is 7.89. The van der Waals surface area contributed by atoms with E-state index in [0.29, 0.717) is 37.3 Å². The summed E-state index contributed by atoms with van der Waals surface area (Å²) < 4.78 is 35.1. The highest BCUT2D eigenvalue weighted by atomic mass is 32.2. The van der Waals surface area contributed by atoms with E-state index < -0.39 is 16.0 Å². The molecule has 0 unspecified atom stereocenters. The molecule has 0 atom stereocenters. The molecule has 0 spiro atoms. The Morgan fingerprint density at radius 2 is 1.81 bits per heavy atom. The third-order valence-corrected chi connectivity index (χ3v) is 8.07. The van der Waals surface area contributed by atoms with E-state index in [0.717, 1.165) is 23.8 Å². The fourth-order valence-electron chi connectivity index (χ4n) is 4.37. The number of carbonyl (C=O) groups is 1. The SMILES string of the molecule is O=C(O)Cn1cc(C2CCN(S(=O)(=O)c3ccc(OC4CC4)cc3)CC2)c2cccnc21. The summed E-state index contributed by atoms with van der Waals surface area (Å²) in [7, 11) is -3.57. The summed E-state index contributed by atoms with van der Waals surface area (Å²) >= 11 is 0. The van der Waals surface area contributed by atoms with E-state index in [1.54, 1.807) is 35.0 Å². The minimum atomic E-state index is -3.57. The first kappa shape index (κ1) is 21.0. The van der Waals surface area contributed by atoms with E-state index in [-0.39, 0.29) is 23.5 Å². The fraction of sp³-hybridized carbons (Fsp3) is 0.391. The van der Waals surface area contributed by atoms with Crippen molar-refractivity contribution in [2.45, 2.75) is 49.1 Å². The van der Waals surface area contributed by atoms with Gasteiger partial charge in [0.15, 0.2) is 0 Å². The molecule has 9 heteroatoms. The highest BCUT2D eigenvalue weighted by Gasteiger charge is 2.31. The lowest BCUT2D eigenvalue weighted by Crippen LogP contribution is -2.37. The van der Waals surface area contributed by atoms with Gasteiger partial charge >= 0.3 is 5.97 Å². The van der Waals surface area contributed by atoms with Crippen molar-refractivity contribution in [1.82, 2.24) is 13.9 Å². The number of pyridine rings is 1. The lowest BCUT2D eigenvalue weighted by atomic mass is 9.90. The average Bonchev–Trinajstić information content (AvgIpc) is 3.54. The number of aromatic nitrogens is 2. The molecule has 1 saturated carbocycles. The van der Waals surface area contributed by atoms with Gasteiger partial charge in [0, 0.05) is 30.9 Å². The van der Waals surface area contributed by atoms with E-state index in [9.17, 15) is 18.3 Å². The number of rotatable bonds is 7. The zero-order valence-electron chi connectivity index (χ0n) is 17.6. The maximum absolute atomic E-state index is 13.1. The van der Waals surface area contributed by atoms with Crippen LogP contribution < -0.4 is 4.74 Å². The summed E-state index contributed by atoms with van der Waals surface area (Å²) in [6.45, 7) is 0.680. The van der Waals surface area contributed by atoms with Crippen molar-refractivity contribution in [3.63, 3.8) is 0 Å². The summed E-state index contributed by atoms with van der Waals surface area (Å²) in [6, 6.07) is 10.5. The van der Waals surface area contributed by atoms with E-state index in [4.69, 9.17) is 4.74 Å². The molecule has 2 fully saturated rings. The number of piperidine rings is 1. The normalized spacial score (nSPS) is 18.1. The third kappa shape index (κ3) is 4.10. The van der Waals surface area contributed by atoms with Crippen molar-refractivity contribution in [3.8, 4) is 5.75 Å². The van der Waals surface area contributed by atoms with Crippen molar-refractivity contribution >= 4 is 27.0 Å². The number of hydrogen-bond donors (Lipinski definition) is 1. The molecular weight excluding hydrogens is 430 g/mol. The van der Waals surface area contributed by atoms with Crippen LogP contribution in [0, 0.1) is 0 Å². The van der Waals surface area contributed by atoms with Gasteiger partial charge in [-0.3, -0.25) is 4.79 Å².